The Morgan fingerprint density at radius 1 is 1.03 bits per heavy atom. The summed E-state index contributed by atoms with van der Waals surface area (Å²) in [7, 11) is 4.56. The number of hydrogen-bond acceptors (Lipinski definition) is 8. The van der Waals surface area contributed by atoms with Gasteiger partial charge in [0, 0.05) is 48.4 Å². The number of fused-ring (bicyclic) bond motifs is 2. The zero-order valence-corrected chi connectivity index (χ0v) is 18.1. The SMILES string of the molecule is COc1cc(N2C(C)=C(C(C)=O)[C@H]3C[C@@H]2C(=O)C[C@H]3OC(C)=O)cc(OC)c1OC. The monoisotopic (exact) mass is 417 g/mol. The first-order chi connectivity index (χ1) is 14.2. The van der Waals surface area contributed by atoms with Gasteiger partial charge >= 0.3 is 5.97 Å². The van der Waals surface area contributed by atoms with E-state index in [1.165, 1.54) is 35.2 Å². The van der Waals surface area contributed by atoms with E-state index in [4.69, 9.17) is 18.9 Å². The Morgan fingerprint density at radius 3 is 2.10 bits per heavy atom. The molecule has 1 aromatic carbocycles. The Hall–Kier alpha value is -3.03. The molecule has 1 saturated carbocycles. The number of carbonyl (C=O) groups is 3. The highest BCUT2D eigenvalue weighted by atomic mass is 16.5. The van der Waals surface area contributed by atoms with Gasteiger partial charge in [0.15, 0.2) is 23.1 Å². The van der Waals surface area contributed by atoms with E-state index in [9.17, 15) is 14.4 Å². The second-order valence-electron chi connectivity index (χ2n) is 7.49. The summed E-state index contributed by atoms with van der Waals surface area (Å²) < 4.78 is 21.7. The third-order valence-corrected chi connectivity index (χ3v) is 5.76. The van der Waals surface area contributed by atoms with E-state index in [2.05, 4.69) is 0 Å². The van der Waals surface area contributed by atoms with E-state index in [0.717, 1.165) is 0 Å². The smallest absolute Gasteiger partial charge is 0.302 e. The van der Waals surface area contributed by atoms with Crippen molar-refractivity contribution in [3.63, 3.8) is 0 Å². The van der Waals surface area contributed by atoms with Crippen molar-refractivity contribution in [1.29, 1.82) is 0 Å². The molecule has 30 heavy (non-hydrogen) atoms. The van der Waals surface area contributed by atoms with E-state index >= 15 is 0 Å². The van der Waals surface area contributed by atoms with Gasteiger partial charge in [-0.15, -0.1) is 0 Å². The van der Waals surface area contributed by atoms with Gasteiger partial charge in [0.1, 0.15) is 6.10 Å². The number of ether oxygens (including phenoxy) is 4. The first-order valence-electron chi connectivity index (χ1n) is 9.74. The molecule has 3 atom stereocenters. The highest BCUT2D eigenvalue weighted by Crippen LogP contribution is 2.47. The van der Waals surface area contributed by atoms with Crippen molar-refractivity contribution in [1.82, 2.24) is 0 Å². The Balaban J connectivity index is 2.17. The summed E-state index contributed by atoms with van der Waals surface area (Å²) in [6.07, 6.45) is -0.165. The first kappa shape index (κ1) is 21.7. The van der Waals surface area contributed by atoms with Crippen LogP contribution in [0, 0.1) is 5.92 Å². The molecule has 1 aliphatic carbocycles. The summed E-state index contributed by atoms with van der Waals surface area (Å²) in [4.78, 5) is 39.0. The fourth-order valence-corrected chi connectivity index (χ4v) is 4.62. The number of carbonyl (C=O) groups excluding carboxylic acids is 3. The van der Waals surface area contributed by atoms with Crippen molar-refractivity contribution in [3.8, 4) is 17.2 Å². The number of methoxy groups -OCH3 is 3. The zero-order chi connectivity index (χ0) is 22.2. The number of anilines is 1. The predicted molar refractivity (Wildman–Crippen MR) is 109 cm³/mol. The first-order valence-corrected chi connectivity index (χ1v) is 9.74. The summed E-state index contributed by atoms with van der Waals surface area (Å²) in [5, 5.41) is 0. The molecule has 0 aromatic heterocycles. The molecule has 0 radical (unpaired) electrons. The van der Waals surface area contributed by atoms with Crippen LogP contribution in [0.3, 0.4) is 0 Å². The van der Waals surface area contributed by atoms with Crippen molar-refractivity contribution in [3.05, 3.63) is 23.4 Å². The quantitative estimate of drug-likeness (QED) is 0.653. The largest absolute Gasteiger partial charge is 0.493 e. The Morgan fingerprint density at radius 2 is 1.63 bits per heavy atom. The van der Waals surface area contributed by atoms with Gasteiger partial charge in [0.05, 0.1) is 27.4 Å². The van der Waals surface area contributed by atoms with Crippen molar-refractivity contribution in [2.45, 2.75) is 45.8 Å². The zero-order valence-electron chi connectivity index (χ0n) is 18.1. The number of allylic oxidation sites excluding steroid dienone is 1. The second-order valence-corrected chi connectivity index (χ2v) is 7.49. The van der Waals surface area contributed by atoms with Gasteiger partial charge in [-0.3, -0.25) is 14.4 Å². The number of rotatable bonds is 6. The number of ketones is 2. The lowest BCUT2D eigenvalue weighted by Gasteiger charge is -2.47. The van der Waals surface area contributed by atoms with Crippen LogP contribution in [-0.4, -0.2) is 51.0 Å². The van der Waals surface area contributed by atoms with Crippen LogP contribution in [0.15, 0.2) is 23.4 Å². The Bertz CT molecular complexity index is 895. The molecule has 162 valence electrons. The minimum Gasteiger partial charge on any atom is -0.493 e. The fraction of sp³-hybridized carbons (Fsp3) is 0.500. The molecule has 1 heterocycles. The van der Waals surface area contributed by atoms with E-state index in [-0.39, 0.29) is 23.9 Å². The molecule has 3 rings (SSSR count). The molecule has 1 aromatic rings. The average Bonchev–Trinajstić information content (AvgIpc) is 2.69. The number of esters is 1. The van der Waals surface area contributed by atoms with Crippen LogP contribution in [0.4, 0.5) is 5.69 Å². The molecule has 0 spiro atoms. The number of benzene rings is 1. The van der Waals surface area contributed by atoms with Crippen LogP contribution in [0.2, 0.25) is 0 Å². The van der Waals surface area contributed by atoms with Crippen LogP contribution >= 0.6 is 0 Å². The summed E-state index contributed by atoms with van der Waals surface area (Å²) in [6.45, 7) is 4.61. The summed E-state index contributed by atoms with van der Waals surface area (Å²) in [5.41, 5.74) is 1.88. The number of hydrogen-bond donors (Lipinski definition) is 0. The molecule has 8 heteroatoms. The minimum atomic E-state index is -0.623. The molecule has 1 fully saturated rings. The molecular weight excluding hydrogens is 390 g/mol. The van der Waals surface area contributed by atoms with E-state index < -0.39 is 18.1 Å². The number of nitrogens with zero attached hydrogens (tertiary/aromatic N) is 1. The maximum Gasteiger partial charge on any atom is 0.302 e. The lowest BCUT2D eigenvalue weighted by Crippen LogP contribution is -2.54. The van der Waals surface area contributed by atoms with Gasteiger partial charge in [0.25, 0.3) is 0 Å². The highest BCUT2D eigenvalue weighted by molar-refractivity contribution is 5.99. The number of Topliss-reactive ketones (excluding diaryl/α,β-unsaturated/α-hetero) is 2. The maximum atomic E-state index is 13.0. The predicted octanol–water partition coefficient (Wildman–Crippen LogP) is 2.67. The van der Waals surface area contributed by atoms with Gasteiger partial charge in [-0.25, -0.2) is 0 Å². The topological polar surface area (TPSA) is 91.4 Å². The molecule has 0 N–H and O–H groups in total. The normalized spacial score (nSPS) is 23.2. The van der Waals surface area contributed by atoms with Crippen LogP contribution in [-0.2, 0) is 19.1 Å². The van der Waals surface area contributed by atoms with Gasteiger partial charge in [-0.05, 0) is 20.3 Å². The van der Waals surface area contributed by atoms with Gasteiger partial charge in [-0.2, -0.15) is 0 Å². The van der Waals surface area contributed by atoms with Crippen molar-refractivity contribution >= 4 is 23.2 Å². The molecule has 8 nitrogen and oxygen atoms in total. The minimum absolute atomic E-state index is 0.0480. The Labute approximate surface area is 175 Å². The lowest BCUT2D eigenvalue weighted by atomic mass is 9.72. The van der Waals surface area contributed by atoms with Crippen LogP contribution in [0.25, 0.3) is 0 Å². The molecule has 0 saturated heterocycles. The molecule has 0 amide bonds. The third kappa shape index (κ3) is 3.62. The van der Waals surface area contributed by atoms with E-state index in [1.54, 1.807) is 12.1 Å². The second kappa shape index (κ2) is 8.38. The summed E-state index contributed by atoms with van der Waals surface area (Å²) in [6, 6.07) is 3.04. The van der Waals surface area contributed by atoms with E-state index in [1.807, 2.05) is 11.8 Å². The van der Waals surface area contributed by atoms with Crippen LogP contribution in [0.5, 0.6) is 17.2 Å². The standard InChI is InChI=1S/C22H27NO7/c1-11-21(12(2)24)15-9-16(17(26)10-18(15)30-13(3)25)23(11)14-7-19(27-4)22(29-6)20(8-14)28-5/h7-8,15-16,18H,9-10H2,1-6H3/t15-,16+,18+/m0/s1. The van der Waals surface area contributed by atoms with Gasteiger partial charge in [0.2, 0.25) is 5.75 Å². The average molecular weight is 417 g/mol. The third-order valence-electron chi connectivity index (χ3n) is 5.76. The van der Waals surface area contributed by atoms with Crippen LogP contribution in [0.1, 0.15) is 33.6 Å². The van der Waals surface area contributed by atoms with Crippen molar-refractivity contribution in [2.24, 2.45) is 5.92 Å². The van der Waals surface area contributed by atoms with Gasteiger partial charge < -0.3 is 23.8 Å². The van der Waals surface area contributed by atoms with E-state index in [0.29, 0.717) is 40.6 Å². The fourth-order valence-electron chi connectivity index (χ4n) is 4.62. The molecular formula is C22H27NO7. The highest BCUT2D eigenvalue weighted by Gasteiger charge is 2.48. The Kier molecular flexibility index (Phi) is 6.05. The van der Waals surface area contributed by atoms with Crippen molar-refractivity contribution < 1.29 is 33.3 Å². The van der Waals surface area contributed by atoms with Crippen LogP contribution < -0.4 is 19.1 Å². The molecule has 2 bridgehead atoms. The molecule has 0 unspecified atom stereocenters. The summed E-state index contributed by atoms with van der Waals surface area (Å²) >= 11 is 0. The molecule has 2 aliphatic rings. The lowest BCUT2D eigenvalue weighted by molar-refractivity contribution is -0.152. The molecule has 1 aliphatic heterocycles. The summed E-state index contributed by atoms with van der Waals surface area (Å²) in [5.74, 6) is 0.413. The van der Waals surface area contributed by atoms with Crippen molar-refractivity contribution in [2.75, 3.05) is 26.2 Å². The van der Waals surface area contributed by atoms with Gasteiger partial charge in [-0.1, -0.05) is 0 Å². The maximum absolute atomic E-state index is 13.0.